The minimum absolute atomic E-state index is 0.0119. The van der Waals surface area contributed by atoms with Gasteiger partial charge < -0.3 is 5.11 Å². The zero-order valence-corrected chi connectivity index (χ0v) is 12.8. The standard InChI is InChI=1S/C19H15FN2O2/c20-13-5-7-14(8-6-13)22-17-9-12(10-19(24)16(17)11-21-22)15-3-1-2-4-18(15)23/h1-8,11-12,23H,9-10H2/t12-/m0/s1. The Morgan fingerprint density at radius 2 is 1.83 bits per heavy atom. The van der Waals surface area contributed by atoms with E-state index in [9.17, 15) is 14.3 Å². The zero-order valence-electron chi connectivity index (χ0n) is 12.8. The Balaban J connectivity index is 1.76. The molecule has 0 saturated heterocycles. The molecule has 1 aliphatic rings. The first-order valence-electron chi connectivity index (χ1n) is 7.77. The van der Waals surface area contributed by atoms with Crippen LogP contribution >= 0.6 is 0 Å². The first-order valence-corrected chi connectivity index (χ1v) is 7.77. The van der Waals surface area contributed by atoms with E-state index in [1.54, 1.807) is 35.1 Å². The number of carbonyl (C=O) groups is 1. The number of phenols is 1. The van der Waals surface area contributed by atoms with Gasteiger partial charge in [-0.2, -0.15) is 5.10 Å². The molecule has 5 heteroatoms. The number of carbonyl (C=O) groups excluding carboxylic acids is 1. The third-order valence-corrected chi connectivity index (χ3v) is 4.49. The van der Waals surface area contributed by atoms with Crippen molar-refractivity contribution in [2.24, 2.45) is 0 Å². The lowest BCUT2D eigenvalue weighted by Gasteiger charge is -2.23. The summed E-state index contributed by atoms with van der Waals surface area (Å²) < 4.78 is 14.8. The minimum Gasteiger partial charge on any atom is -0.508 e. The van der Waals surface area contributed by atoms with Crippen LogP contribution in [0.15, 0.2) is 54.7 Å². The van der Waals surface area contributed by atoms with Crippen LogP contribution in [0, 0.1) is 5.82 Å². The van der Waals surface area contributed by atoms with Crippen LogP contribution in [0.2, 0.25) is 0 Å². The van der Waals surface area contributed by atoms with Gasteiger partial charge in [-0.05, 0) is 42.3 Å². The fourth-order valence-electron chi connectivity index (χ4n) is 3.30. The molecule has 0 bridgehead atoms. The lowest BCUT2D eigenvalue weighted by atomic mass is 9.82. The van der Waals surface area contributed by atoms with E-state index in [1.165, 1.54) is 12.1 Å². The number of hydrogen-bond donors (Lipinski definition) is 1. The molecule has 1 N–H and O–H groups in total. The number of nitrogens with zero attached hydrogens (tertiary/aromatic N) is 2. The monoisotopic (exact) mass is 322 g/mol. The van der Waals surface area contributed by atoms with Crippen LogP contribution in [-0.4, -0.2) is 20.7 Å². The number of fused-ring (bicyclic) bond motifs is 1. The second-order valence-electron chi connectivity index (χ2n) is 5.98. The number of aromatic hydroxyl groups is 1. The van der Waals surface area contributed by atoms with E-state index in [0.29, 0.717) is 24.1 Å². The van der Waals surface area contributed by atoms with Gasteiger partial charge in [-0.1, -0.05) is 18.2 Å². The number of aromatic nitrogens is 2. The van der Waals surface area contributed by atoms with Crippen LogP contribution in [0.1, 0.15) is 34.0 Å². The maximum atomic E-state index is 13.1. The molecule has 0 amide bonds. The Kier molecular flexibility index (Phi) is 3.41. The third-order valence-electron chi connectivity index (χ3n) is 4.49. The SMILES string of the molecule is O=C1C[C@@H](c2ccccc2O)Cc2c1cnn2-c1ccc(F)cc1. The molecule has 4 rings (SSSR count). The summed E-state index contributed by atoms with van der Waals surface area (Å²) >= 11 is 0. The summed E-state index contributed by atoms with van der Waals surface area (Å²) in [5.74, 6) is -0.200. The lowest BCUT2D eigenvalue weighted by Crippen LogP contribution is -2.20. The van der Waals surface area contributed by atoms with Crippen molar-refractivity contribution in [2.75, 3.05) is 0 Å². The predicted octanol–water partition coefficient (Wildman–Crippen LogP) is 3.63. The van der Waals surface area contributed by atoms with Crippen molar-refractivity contribution in [3.05, 3.63) is 77.4 Å². The average Bonchev–Trinajstić information content (AvgIpc) is 3.00. The van der Waals surface area contributed by atoms with E-state index < -0.39 is 0 Å². The maximum Gasteiger partial charge on any atom is 0.166 e. The van der Waals surface area contributed by atoms with E-state index in [-0.39, 0.29) is 23.3 Å². The molecule has 4 nitrogen and oxygen atoms in total. The quantitative estimate of drug-likeness (QED) is 0.784. The van der Waals surface area contributed by atoms with E-state index in [4.69, 9.17) is 0 Å². The van der Waals surface area contributed by atoms with Crippen LogP contribution < -0.4 is 0 Å². The summed E-state index contributed by atoms with van der Waals surface area (Å²) in [6, 6.07) is 13.1. The molecule has 3 aromatic rings. The molecule has 0 radical (unpaired) electrons. The molecule has 1 aromatic heterocycles. The van der Waals surface area contributed by atoms with Crippen molar-refractivity contribution in [2.45, 2.75) is 18.8 Å². The van der Waals surface area contributed by atoms with Crippen LogP contribution in [0.5, 0.6) is 5.75 Å². The van der Waals surface area contributed by atoms with Crippen LogP contribution in [0.4, 0.5) is 4.39 Å². The third kappa shape index (κ3) is 2.38. The Hall–Kier alpha value is -2.95. The largest absolute Gasteiger partial charge is 0.508 e. The smallest absolute Gasteiger partial charge is 0.166 e. The molecular weight excluding hydrogens is 307 g/mol. The molecular formula is C19H15FN2O2. The summed E-state index contributed by atoms with van der Waals surface area (Å²) in [4.78, 5) is 12.5. The topological polar surface area (TPSA) is 55.1 Å². The Bertz CT molecular complexity index is 915. The highest BCUT2D eigenvalue weighted by Gasteiger charge is 2.31. The van der Waals surface area contributed by atoms with Gasteiger partial charge in [0.1, 0.15) is 11.6 Å². The maximum absolute atomic E-state index is 13.1. The number of Topliss-reactive ketones (excluding diaryl/α,β-unsaturated/α-hetero) is 1. The summed E-state index contributed by atoms with van der Waals surface area (Å²) in [6.45, 7) is 0. The molecule has 24 heavy (non-hydrogen) atoms. The number of halogens is 1. The fraction of sp³-hybridized carbons (Fsp3) is 0.158. The molecule has 1 atom stereocenters. The number of para-hydroxylation sites is 1. The van der Waals surface area contributed by atoms with E-state index in [2.05, 4.69) is 5.10 Å². The van der Waals surface area contributed by atoms with E-state index in [1.807, 2.05) is 12.1 Å². The number of benzene rings is 2. The molecule has 1 heterocycles. The number of phenolic OH excluding ortho intramolecular Hbond substituents is 1. The van der Waals surface area contributed by atoms with Gasteiger partial charge in [0.15, 0.2) is 5.78 Å². The Labute approximate surface area is 138 Å². The van der Waals surface area contributed by atoms with Crippen molar-refractivity contribution in [1.82, 2.24) is 9.78 Å². The normalized spacial score (nSPS) is 16.9. The molecule has 0 saturated carbocycles. The first-order chi connectivity index (χ1) is 11.6. The van der Waals surface area contributed by atoms with Gasteiger partial charge in [0, 0.05) is 12.3 Å². The molecule has 0 fully saturated rings. The minimum atomic E-state index is -0.317. The van der Waals surface area contributed by atoms with Gasteiger partial charge in [0.25, 0.3) is 0 Å². The molecule has 0 spiro atoms. The number of rotatable bonds is 2. The van der Waals surface area contributed by atoms with Crippen LogP contribution in [-0.2, 0) is 6.42 Å². The van der Waals surface area contributed by atoms with Gasteiger partial charge in [-0.15, -0.1) is 0 Å². The van der Waals surface area contributed by atoms with Crippen molar-refractivity contribution in [3.8, 4) is 11.4 Å². The van der Waals surface area contributed by atoms with Crippen LogP contribution in [0.25, 0.3) is 5.69 Å². The molecule has 120 valence electrons. The highest BCUT2D eigenvalue weighted by molar-refractivity contribution is 5.98. The van der Waals surface area contributed by atoms with E-state index in [0.717, 1.165) is 11.3 Å². The van der Waals surface area contributed by atoms with Crippen molar-refractivity contribution in [1.29, 1.82) is 0 Å². The number of hydrogen-bond acceptors (Lipinski definition) is 3. The molecule has 0 aliphatic heterocycles. The second kappa shape index (κ2) is 5.60. The van der Waals surface area contributed by atoms with Crippen LogP contribution in [0.3, 0.4) is 0 Å². The molecule has 1 aliphatic carbocycles. The van der Waals surface area contributed by atoms with Gasteiger partial charge in [0.05, 0.1) is 23.1 Å². The summed E-state index contributed by atoms with van der Waals surface area (Å²) in [7, 11) is 0. The second-order valence-corrected chi connectivity index (χ2v) is 5.98. The Morgan fingerprint density at radius 3 is 2.58 bits per heavy atom. The van der Waals surface area contributed by atoms with Crippen molar-refractivity contribution < 1.29 is 14.3 Å². The van der Waals surface area contributed by atoms with Gasteiger partial charge in [-0.25, -0.2) is 9.07 Å². The number of ketones is 1. The van der Waals surface area contributed by atoms with Gasteiger partial charge in [0.2, 0.25) is 0 Å². The van der Waals surface area contributed by atoms with Gasteiger partial charge in [-0.3, -0.25) is 4.79 Å². The lowest BCUT2D eigenvalue weighted by molar-refractivity contribution is 0.0963. The van der Waals surface area contributed by atoms with Gasteiger partial charge >= 0.3 is 0 Å². The van der Waals surface area contributed by atoms with Crippen molar-refractivity contribution >= 4 is 5.78 Å². The summed E-state index contributed by atoms with van der Waals surface area (Å²) in [5, 5.41) is 14.4. The molecule has 0 unspecified atom stereocenters. The summed E-state index contributed by atoms with van der Waals surface area (Å²) in [6.07, 6.45) is 2.51. The highest BCUT2D eigenvalue weighted by Crippen LogP contribution is 2.37. The zero-order chi connectivity index (χ0) is 16.7. The van der Waals surface area contributed by atoms with E-state index >= 15 is 0 Å². The highest BCUT2D eigenvalue weighted by atomic mass is 19.1. The van der Waals surface area contributed by atoms with Crippen molar-refractivity contribution in [3.63, 3.8) is 0 Å². The predicted molar refractivity (Wildman–Crippen MR) is 87.0 cm³/mol. The first kappa shape index (κ1) is 14.6. The average molecular weight is 322 g/mol. The Morgan fingerprint density at radius 1 is 1.08 bits per heavy atom. The molecule has 2 aromatic carbocycles. The summed E-state index contributed by atoms with van der Waals surface area (Å²) in [5.41, 5.74) is 2.88. The fourth-order valence-corrected chi connectivity index (χ4v) is 3.30.